The van der Waals surface area contributed by atoms with Crippen molar-refractivity contribution in [1.29, 1.82) is 0 Å². The first-order valence-electron chi connectivity index (χ1n) is 6.49. The zero-order valence-electron chi connectivity index (χ0n) is 12.3. The summed E-state index contributed by atoms with van der Waals surface area (Å²) in [4.78, 5) is 11.7. The number of rotatable bonds is 5. The van der Waals surface area contributed by atoms with Crippen LogP contribution in [0.15, 0.2) is 24.3 Å². The van der Waals surface area contributed by atoms with E-state index in [-0.39, 0.29) is 22.7 Å². The van der Waals surface area contributed by atoms with Crippen molar-refractivity contribution in [2.24, 2.45) is 5.41 Å². The van der Waals surface area contributed by atoms with Gasteiger partial charge in [0.15, 0.2) is 0 Å². The Hall–Kier alpha value is -1.07. The summed E-state index contributed by atoms with van der Waals surface area (Å²) in [5.74, 6) is 0.556. The van der Waals surface area contributed by atoms with Crippen molar-refractivity contribution in [2.45, 2.75) is 31.7 Å². The van der Waals surface area contributed by atoms with Crippen LogP contribution in [-0.2, 0) is 4.79 Å². The van der Waals surface area contributed by atoms with Crippen molar-refractivity contribution in [2.75, 3.05) is 13.7 Å². The average Bonchev–Trinajstić information content (AvgIpc) is 2.42. The SMILES string of the molecule is COc1cccc([C@H](O)CNC(=O)[C@H](Br)C(C)(C)C)c1. The largest absolute Gasteiger partial charge is 0.497 e. The second-order valence-electron chi connectivity index (χ2n) is 5.77. The predicted octanol–water partition coefficient (Wildman–Crippen LogP) is 2.65. The van der Waals surface area contributed by atoms with Gasteiger partial charge in [-0.3, -0.25) is 4.79 Å². The highest BCUT2D eigenvalue weighted by Crippen LogP contribution is 2.26. The van der Waals surface area contributed by atoms with Crippen LogP contribution in [0.2, 0.25) is 0 Å². The fourth-order valence-electron chi connectivity index (χ4n) is 1.65. The van der Waals surface area contributed by atoms with E-state index in [0.29, 0.717) is 11.3 Å². The molecule has 0 bridgehead atoms. The Morgan fingerprint density at radius 3 is 2.65 bits per heavy atom. The van der Waals surface area contributed by atoms with Crippen LogP contribution in [-0.4, -0.2) is 29.5 Å². The Labute approximate surface area is 128 Å². The standard InChI is InChI=1S/C15H22BrNO3/c1-15(2,3)13(16)14(19)17-9-12(18)10-6-5-7-11(8-10)20-4/h5-8,12-13,18H,9H2,1-4H3,(H,17,19)/t12-,13+/m1/s1. The van der Waals surface area contributed by atoms with Gasteiger partial charge in [-0.15, -0.1) is 0 Å². The van der Waals surface area contributed by atoms with E-state index >= 15 is 0 Å². The van der Waals surface area contributed by atoms with Gasteiger partial charge in [-0.1, -0.05) is 48.8 Å². The first-order valence-corrected chi connectivity index (χ1v) is 7.41. The van der Waals surface area contributed by atoms with Gasteiger partial charge in [0, 0.05) is 6.54 Å². The second-order valence-corrected chi connectivity index (χ2v) is 6.68. The lowest BCUT2D eigenvalue weighted by molar-refractivity contribution is -0.122. The van der Waals surface area contributed by atoms with Gasteiger partial charge in [0.05, 0.1) is 18.0 Å². The maximum absolute atomic E-state index is 12.0. The summed E-state index contributed by atoms with van der Waals surface area (Å²) in [7, 11) is 1.58. The monoisotopic (exact) mass is 343 g/mol. The number of aliphatic hydroxyl groups excluding tert-OH is 1. The van der Waals surface area contributed by atoms with Crippen LogP contribution in [0.3, 0.4) is 0 Å². The van der Waals surface area contributed by atoms with Gasteiger partial charge in [-0.2, -0.15) is 0 Å². The lowest BCUT2D eigenvalue weighted by Gasteiger charge is -2.25. The average molecular weight is 344 g/mol. The minimum atomic E-state index is -0.756. The summed E-state index contributed by atoms with van der Waals surface area (Å²) in [6.07, 6.45) is -0.756. The molecule has 2 N–H and O–H groups in total. The molecule has 5 heteroatoms. The molecule has 0 aliphatic rings. The molecule has 0 heterocycles. The molecule has 0 saturated carbocycles. The van der Waals surface area contributed by atoms with Gasteiger partial charge in [0.2, 0.25) is 5.91 Å². The number of carbonyl (C=O) groups excluding carboxylic acids is 1. The molecule has 0 aliphatic carbocycles. The van der Waals surface area contributed by atoms with E-state index in [4.69, 9.17) is 4.74 Å². The topological polar surface area (TPSA) is 58.6 Å². The maximum Gasteiger partial charge on any atom is 0.234 e. The number of alkyl halides is 1. The third kappa shape index (κ3) is 4.80. The molecule has 2 atom stereocenters. The van der Waals surface area contributed by atoms with E-state index in [1.807, 2.05) is 32.9 Å². The number of hydrogen-bond donors (Lipinski definition) is 2. The van der Waals surface area contributed by atoms with Crippen molar-refractivity contribution in [3.05, 3.63) is 29.8 Å². The van der Waals surface area contributed by atoms with Gasteiger partial charge in [0.25, 0.3) is 0 Å². The van der Waals surface area contributed by atoms with Gasteiger partial charge >= 0.3 is 0 Å². The number of halogens is 1. The summed E-state index contributed by atoms with van der Waals surface area (Å²) in [6, 6.07) is 7.17. The second kappa shape index (κ2) is 7.09. The molecule has 1 aromatic carbocycles. The molecular formula is C15H22BrNO3. The number of aliphatic hydroxyl groups is 1. The van der Waals surface area contributed by atoms with Crippen LogP contribution < -0.4 is 10.1 Å². The summed E-state index contributed by atoms with van der Waals surface area (Å²) >= 11 is 3.38. The van der Waals surface area contributed by atoms with Crippen molar-refractivity contribution >= 4 is 21.8 Å². The molecule has 0 radical (unpaired) electrons. The molecular weight excluding hydrogens is 322 g/mol. The Bertz CT molecular complexity index is 457. The molecule has 1 amide bonds. The fourth-order valence-corrected chi connectivity index (χ4v) is 1.81. The summed E-state index contributed by atoms with van der Waals surface area (Å²) in [6.45, 7) is 6.10. The Morgan fingerprint density at radius 2 is 2.10 bits per heavy atom. The number of methoxy groups -OCH3 is 1. The molecule has 4 nitrogen and oxygen atoms in total. The number of carbonyl (C=O) groups is 1. The minimum Gasteiger partial charge on any atom is -0.497 e. The van der Waals surface area contributed by atoms with Gasteiger partial charge in [0.1, 0.15) is 5.75 Å². The van der Waals surface area contributed by atoms with E-state index < -0.39 is 6.10 Å². The highest BCUT2D eigenvalue weighted by Gasteiger charge is 2.28. The van der Waals surface area contributed by atoms with E-state index in [2.05, 4.69) is 21.2 Å². The van der Waals surface area contributed by atoms with Crippen molar-refractivity contribution < 1.29 is 14.6 Å². The van der Waals surface area contributed by atoms with Crippen molar-refractivity contribution in [3.8, 4) is 5.75 Å². The molecule has 1 aromatic rings. The minimum absolute atomic E-state index is 0.126. The quantitative estimate of drug-likeness (QED) is 0.808. The zero-order chi connectivity index (χ0) is 15.3. The highest BCUT2D eigenvalue weighted by atomic mass is 79.9. The third-order valence-electron chi connectivity index (χ3n) is 2.94. The van der Waals surface area contributed by atoms with Crippen molar-refractivity contribution in [3.63, 3.8) is 0 Å². The smallest absolute Gasteiger partial charge is 0.234 e. The Balaban J connectivity index is 2.59. The summed E-state index contributed by atoms with van der Waals surface area (Å²) in [5, 5.41) is 12.8. The van der Waals surface area contributed by atoms with Crippen LogP contribution in [0.1, 0.15) is 32.4 Å². The van der Waals surface area contributed by atoms with Gasteiger partial charge < -0.3 is 15.2 Å². The molecule has 0 spiro atoms. The van der Waals surface area contributed by atoms with E-state index in [1.165, 1.54) is 0 Å². The number of nitrogens with one attached hydrogen (secondary N) is 1. The van der Waals surface area contributed by atoms with Crippen LogP contribution in [0.5, 0.6) is 5.75 Å². The van der Waals surface area contributed by atoms with Crippen LogP contribution in [0.25, 0.3) is 0 Å². The molecule has 20 heavy (non-hydrogen) atoms. The third-order valence-corrected chi connectivity index (χ3v) is 4.73. The van der Waals surface area contributed by atoms with E-state index in [0.717, 1.165) is 0 Å². The lowest BCUT2D eigenvalue weighted by atomic mass is 9.91. The maximum atomic E-state index is 12.0. The van der Waals surface area contributed by atoms with Gasteiger partial charge in [-0.25, -0.2) is 0 Å². The number of hydrogen-bond acceptors (Lipinski definition) is 3. The molecule has 0 aliphatic heterocycles. The Morgan fingerprint density at radius 1 is 1.45 bits per heavy atom. The number of ether oxygens (including phenoxy) is 1. The zero-order valence-corrected chi connectivity index (χ0v) is 13.9. The highest BCUT2D eigenvalue weighted by molar-refractivity contribution is 9.10. The normalized spacial score (nSPS) is 14.5. The molecule has 112 valence electrons. The van der Waals surface area contributed by atoms with Gasteiger partial charge in [-0.05, 0) is 23.1 Å². The summed E-state index contributed by atoms with van der Waals surface area (Å²) in [5.41, 5.74) is 0.539. The molecule has 0 fully saturated rings. The van der Waals surface area contributed by atoms with Crippen LogP contribution in [0.4, 0.5) is 0 Å². The molecule has 0 saturated heterocycles. The van der Waals surface area contributed by atoms with Crippen molar-refractivity contribution in [1.82, 2.24) is 5.32 Å². The number of amides is 1. The number of benzene rings is 1. The molecule has 0 unspecified atom stereocenters. The predicted molar refractivity (Wildman–Crippen MR) is 83.1 cm³/mol. The van der Waals surface area contributed by atoms with E-state index in [9.17, 15) is 9.90 Å². The molecule has 0 aromatic heterocycles. The molecule has 1 rings (SSSR count). The summed E-state index contributed by atoms with van der Waals surface area (Å²) < 4.78 is 5.11. The first-order chi connectivity index (χ1) is 9.25. The fraction of sp³-hybridized carbons (Fsp3) is 0.533. The van der Waals surface area contributed by atoms with Crippen LogP contribution >= 0.6 is 15.9 Å². The Kier molecular flexibility index (Phi) is 6.02. The van der Waals surface area contributed by atoms with E-state index in [1.54, 1.807) is 19.2 Å². The van der Waals surface area contributed by atoms with Crippen LogP contribution in [0, 0.1) is 5.41 Å². The first kappa shape index (κ1) is 17.0. The lowest BCUT2D eigenvalue weighted by Crippen LogP contribution is -2.40.